The standard InChI is InChI=1S/C29H28N6O3/c1-36-23-14-21(15-24(37-2)26(23)38-3)22-16-31-27-25(32-22)28(34-29(30)33-27)35(17-19-10-6-4-7-11-19)18-20-12-8-5-9-13-20/h4-16H,17-18H2,1-3H3,(H2,30,31,33,34). The topological polar surface area (TPSA) is 109 Å². The molecule has 0 saturated carbocycles. The van der Waals surface area contributed by atoms with E-state index in [0.717, 1.165) is 16.7 Å². The van der Waals surface area contributed by atoms with Crippen molar-refractivity contribution in [2.24, 2.45) is 0 Å². The summed E-state index contributed by atoms with van der Waals surface area (Å²) in [6.07, 6.45) is 1.65. The van der Waals surface area contributed by atoms with Crippen LogP contribution in [0.1, 0.15) is 11.1 Å². The van der Waals surface area contributed by atoms with Crippen LogP contribution < -0.4 is 24.8 Å². The lowest BCUT2D eigenvalue weighted by atomic mass is 10.1. The molecule has 3 aromatic carbocycles. The fourth-order valence-corrected chi connectivity index (χ4v) is 4.31. The van der Waals surface area contributed by atoms with E-state index < -0.39 is 0 Å². The summed E-state index contributed by atoms with van der Waals surface area (Å²) in [6, 6.07) is 24.1. The summed E-state index contributed by atoms with van der Waals surface area (Å²) in [4.78, 5) is 20.7. The lowest BCUT2D eigenvalue weighted by molar-refractivity contribution is 0.324. The highest BCUT2D eigenvalue weighted by molar-refractivity contribution is 5.86. The summed E-state index contributed by atoms with van der Waals surface area (Å²) in [6.45, 7) is 1.19. The SMILES string of the molecule is COc1cc(-c2cnc3nc(N)nc(N(Cc4ccccc4)Cc4ccccc4)c3n2)cc(OC)c1OC. The molecule has 2 N–H and O–H groups in total. The first-order valence-corrected chi connectivity index (χ1v) is 12.0. The van der Waals surface area contributed by atoms with Gasteiger partial charge in [0.25, 0.3) is 0 Å². The summed E-state index contributed by atoms with van der Waals surface area (Å²) >= 11 is 0. The molecule has 0 spiro atoms. The molecule has 0 unspecified atom stereocenters. The molecular formula is C29H28N6O3. The van der Waals surface area contributed by atoms with Crippen molar-refractivity contribution in [2.75, 3.05) is 32.0 Å². The van der Waals surface area contributed by atoms with Gasteiger partial charge in [-0.25, -0.2) is 9.97 Å². The minimum Gasteiger partial charge on any atom is -0.493 e. The molecule has 2 heterocycles. The number of benzene rings is 3. The number of hydrogen-bond donors (Lipinski definition) is 1. The summed E-state index contributed by atoms with van der Waals surface area (Å²) in [5.74, 6) is 2.27. The fourth-order valence-electron chi connectivity index (χ4n) is 4.31. The second-order valence-corrected chi connectivity index (χ2v) is 8.57. The number of nitrogens with two attached hydrogens (primary N) is 1. The highest BCUT2D eigenvalue weighted by Crippen LogP contribution is 2.41. The van der Waals surface area contributed by atoms with Crippen LogP contribution in [-0.2, 0) is 13.1 Å². The lowest BCUT2D eigenvalue weighted by Crippen LogP contribution is -2.24. The zero-order chi connectivity index (χ0) is 26.5. The molecule has 0 fully saturated rings. The van der Waals surface area contributed by atoms with Gasteiger partial charge in [0.1, 0.15) is 0 Å². The van der Waals surface area contributed by atoms with E-state index >= 15 is 0 Å². The van der Waals surface area contributed by atoms with Gasteiger partial charge >= 0.3 is 0 Å². The Morgan fingerprint density at radius 1 is 0.737 bits per heavy atom. The average Bonchev–Trinajstić information content (AvgIpc) is 2.96. The van der Waals surface area contributed by atoms with Crippen LogP contribution in [0.3, 0.4) is 0 Å². The first kappa shape index (κ1) is 24.8. The number of methoxy groups -OCH3 is 3. The minimum absolute atomic E-state index is 0.133. The molecule has 192 valence electrons. The third kappa shape index (κ3) is 5.12. The summed E-state index contributed by atoms with van der Waals surface area (Å²) in [7, 11) is 4.72. The van der Waals surface area contributed by atoms with Crippen molar-refractivity contribution in [3.05, 3.63) is 90.1 Å². The largest absolute Gasteiger partial charge is 0.493 e. The van der Waals surface area contributed by atoms with E-state index in [-0.39, 0.29) is 5.95 Å². The molecule has 9 nitrogen and oxygen atoms in total. The van der Waals surface area contributed by atoms with Crippen LogP contribution in [0, 0.1) is 0 Å². The predicted octanol–water partition coefficient (Wildman–Crippen LogP) is 4.90. The average molecular weight is 509 g/mol. The number of nitrogen functional groups attached to an aromatic ring is 1. The maximum atomic E-state index is 6.14. The van der Waals surface area contributed by atoms with Crippen LogP contribution in [-0.4, -0.2) is 41.3 Å². The van der Waals surface area contributed by atoms with Crippen molar-refractivity contribution in [2.45, 2.75) is 13.1 Å². The third-order valence-electron chi connectivity index (χ3n) is 6.10. The van der Waals surface area contributed by atoms with Crippen molar-refractivity contribution < 1.29 is 14.2 Å². The highest BCUT2D eigenvalue weighted by Gasteiger charge is 2.20. The molecule has 0 aliphatic rings. The molecule has 38 heavy (non-hydrogen) atoms. The Morgan fingerprint density at radius 2 is 1.32 bits per heavy atom. The number of anilines is 2. The molecule has 2 aromatic heterocycles. The second-order valence-electron chi connectivity index (χ2n) is 8.57. The second kappa shape index (κ2) is 11.0. The van der Waals surface area contributed by atoms with Crippen LogP contribution in [0.2, 0.25) is 0 Å². The van der Waals surface area contributed by atoms with Gasteiger partial charge in [-0.05, 0) is 23.3 Å². The van der Waals surface area contributed by atoms with Gasteiger partial charge in [0.2, 0.25) is 11.7 Å². The monoisotopic (exact) mass is 508 g/mol. The number of nitrogens with zero attached hydrogens (tertiary/aromatic N) is 5. The minimum atomic E-state index is 0.133. The molecule has 0 saturated heterocycles. The Morgan fingerprint density at radius 3 is 1.84 bits per heavy atom. The quantitative estimate of drug-likeness (QED) is 0.297. The number of hydrogen-bond acceptors (Lipinski definition) is 9. The summed E-state index contributed by atoms with van der Waals surface area (Å²) in [5.41, 5.74) is 10.7. The Kier molecular flexibility index (Phi) is 7.17. The molecule has 9 heteroatoms. The van der Waals surface area contributed by atoms with Gasteiger partial charge in [-0.3, -0.25) is 0 Å². The van der Waals surface area contributed by atoms with E-state index in [4.69, 9.17) is 24.9 Å². The van der Waals surface area contributed by atoms with Crippen LogP contribution in [0.5, 0.6) is 17.2 Å². The fraction of sp³-hybridized carbons (Fsp3) is 0.172. The number of fused-ring (bicyclic) bond motifs is 1. The van der Waals surface area contributed by atoms with Crippen molar-refractivity contribution in [3.8, 4) is 28.5 Å². The van der Waals surface area contributed by atoms with Crippen molar-refractivity contribution in [3.63, 3.8) is 0 Å². The van der Waals surface area contributed by atoms with E-state index in [1.807, 2.05) is 48.5 Å². The van der Waals surface area contributed by atoms with E-state index in [0.29, 0.717) is 53.0 Å². The molecule has 5 rings (SSSR count). The van der Waals surface area contributed by atoms with E-state index in [1.54, 1.807) is 27.5 Å². The molecule has 0 aliphatic heterocycles. The van der Waals surface area contributed by atoms with E-state index in [9.17, 15) is 0 Å². The third-order valence-corrected chi connectivity index (χ3v) is 6.10. The molecule has 0 atom stereocenters. The predicted molar refractivity (Wildman–Crippen MR) is 147 cm³/mol. The van der Waals surface area contributed by atoms with Gasteiger partial charge in [-0.1, -0.05) is 60.7 Å². The van der Waals surface area contributed by atoms with Gasteiger partial charge in [-0.15, -0.1) is 0 Å². The molecule has 5 aromatic rings. The van der Waals surface area contributed by atoms with Crippen LogP contribution in [0.25, 0.3) is 22.4 Å². The Bertz CT molecular complexity index is 1480. The molecule has 0 bridgehead atoms. The normalized spacial score (nSPS) is 10.8. The zero-order valence-corrected chi connectivity index (χ0v) is 21.5. The maximum absolute atomic E-state index is 6.14. The molecule has 0 aliphatic carbocycles. The van der Waals surface area contributed by atoms with Crippen molar-refractivity contribution in [1.29, 1.82) is 0 Å². The maximum Gasteiger partial charge on any atom is 0.224 e. The smallest absolute Gasteiger partial charge is 0.224 e. The first-order chi connectivity index (χ1) is 18.6. The molecule has 0 amide bonds. The highest BCUT2D eigenvalue weighted by atomic mass is 16.5. The first-order valence-electron chi connectivity index (χ1n) is 12.0. The van der Waals surface area contributed by atoms with Crippen LogP contribution in [0.4, 0.5) is 11.8 Å². The summed E-state index contributed by atoms with van der Waals surface area (Å²) in [5, 5.41) is 0. The van der Waals surface area contributed by atoms with E-state index in [2.05, 4.69) is 44.1 Å². The van der Waals surface area contributed by atoms with Crippen LogP contribution in [0.15, 0.2) is 79.0 Å². The van der Waals surface area contributed by atoms with Crippen molar-refractivity contribution >= 4 is 22.9 Å². The van der Waals surface area contributed by atoms with Crippen LogP contribution >= 0.6 is 0 Å². The van der Waals surface area contributed by atoms with E-state index in [1.165, 1.54) is 0 Å². The van der Waals surface area contributed by atoms with Crippen molar-refractivity contribution in [1.82, 2.24) is 19.9 Å². The Hall–Kier alpha value is -4.92. The lowest BCUT2D eigenvalue weighted by Gasteiger charge is -2.25. The molecule has 0 radical (unpaired) electrons. The Labute approximate surface area is 220 Å². The summed E-state index contributed by atoms with van der Waals surface area (Å²) < 4.78 is 16.5. The van der Waals surface area contributed by atoms with Gasteiger partial charge in [0, 0.05) is 18.7 Å². The Balaban J connectivity index is 1.65. The molecular weight excluding hydrogens is 480 g/mol. The number of aromatic nitrogens is 4. The van der Waals surface area contributed by atoms with Gasteiger partial charge < -0.3 is 24.8 Å². The van der Waals surface area contributed by atoms with Gasteiger partial charge in [0.15, 0.2) is 28.5 Å². The number of ether oxygens (including phenoxy) is 3. The van der Waals surface area contributed by atoms with Gasteiger partial charge in [0.05, 0.1) is 33.2 Å². The van der Waals surface area contributed by atoms with Gasteiger partial charge in [-0.2, -0.15) is 9.97 Å². The zero-order valence-electron chi connectivity index (χ0n) is 21.5. The number of rotatable bonds is 9.